The highest BCUT2D eigenvalue weighted by molar-refractivity contribution is 6.04. The molecule has 2 unspecified atom stereocenters. The van der Waals surface area contributed by atoms with Crippen molar-refractivity contribution in [2.75, 3.05) is 17.3 Å². The highest BCUT2D eigenvalue weighted by Gasteiger charge is 2.41. The van der Waals surface area contributed by atoms with Crippen LogP contribution in [0.4, 0.5) is 15.9 Å². The first-order valence-corrected chi connectivity index (χ1v) is 7.79. The summed E-state index contributed by atoms with van der Waals surface area (Å²) in [6.45, 7) is 0.501. The molecule has 3 N–H and O–H groups in total. The minimum absolute atomic E-state index is 0.0976. The minimum Gasteiger partial charge on any atom is -0.373 e. The summed E-state index contributed by atoms with van der Waals surface area (Å²) >= 11 is 0. The summed E-state index contributed by atoms with van der Waals surface area (Å²) in [6.07, 6.45) is 2.26. The van der Waals surface area contributed by atoms with Crippen LogP contribution < -0.4 is 16.1 Å². The van der Waals surface area contributed by atoms with Crippen LogP contribution in [0.2, 0.25) is 0 Å². The Morgan fingerprint density at radius 2 is 2.21 bits per heavy atom. The van der Waals surface area contributed by atoms with E-state index in [-0.39, 0.29) is 17.6 Å². The number of hydrogen-bond acceptors (Lipinski definition) is 5. The molecule has 3 heterocycles. The molecule has 24 heavy (non-hydrogen) atoms. The van der Waals surface area contributed by atoms with Gasteiger partial charge >= 0.3 is 0 Å². The topological polar surface area (TPSA) is 78.4 Å². The largest absolute Gasteiger partial charge is 0.373 e. The van der Waals surface area contributed by atoms with E-state index in [4.69, 9.17) is 0 Å². The molecule has 2 aliphatic heterocycles. The molecule has 0 saturated carbocycles. The molecule has 0 aliphatic carbocycles. The van der Waals surface area contributed by atoms with E-state index in [1.54, 1.807) is 12.3 Å². The number of anilines is 2. The van der Waals surface area contributed by atoms with Crippen LogP contribution in [0.1, 0.15) is 17.9 Å². The Morgan fingerprint density at radius 3 is 3.04 bits per heavy atom. The smallest absolute Gasteiger partial charge is 0.243 e. The van der Waals surface area contributed by atoms with E-state index in [9.17, 15) is 9.18 Å². The fraction of sp³-hybridized carbons (Fsp3) is 0.235. The normalized spacial score (nSPS) is 23.7. The summed E-state index contributed by atoms with van der Waals surface area (Å²) in [5, 5.41) is 10.5. The number of fused-ring (bicyclic) bond motifs is 3. The Morgan fingerprint density at radius 1 is 1.29 bits per heavy atom. The summed E-state index contributed by atoms with van der Waals surface area (Å²) < 4.78 is 13.7. The van der Waals surface area contributed by atoms with Crippen LogP contribution in [0.25, 0.3) is 0 Å². The molecule has 2 aromatic rings. The van der Waals surface area contributed by atoms with Crippen molar-refractivity contribution in [2.45, 2.75) is 18.4 Å². The third-order valence-corrected chi connectivity index (χ3v) is 4.29. The van der Waals surface area contributed by atoms with Gasteiger partial charge in [0, 0.05) is 24.8 Å². The number of aromatic nitrogens is 1. The van der Waals surface area contributed by atoms with Crippen LogP contribution in [0.15, 0.2) is 47.7 Å². The van der Waals surface area contributed by atoms with E-state index < -0.39 is 6.04 Å². The van der Waals surface area contributed by atoms with E-state index in [1.165, 1.54) is 12.1 Å². The summed E-state index contributed by atoms with van der Waals surface area (Å²) in [7, 11) is 0. The Hall–Kier alpha value is -2.96. The first kappa shape index (κ1) is 14.6. The number of benzene rings is 1. The summed E-state index contributed by atoms with van der Waals surface area (Å²) in [5.41, 5.74) is 5.26. The van der Waals surface area contributed by atoms with Gasteiger partial charge in [-0.15, -0.1) is 0 Å². The van der Waals surface area contributed by atoms with Gasteiger partial charge in [0.2, 0.25) is 5.91 Å². The van der Waals surface area contributed by atoms with Crippen molar-refractivity contribution in [3.63, 3.8) is 0 Å². The Kier molecular flexibility index (Phi) is 3.60. The molecule has 122 valence electrons. The van der Waals surface area contributed by atoms with E-state index in [0.29, 0.717) is 18.8 Å². The summed E-state index contributed by atoms with van der Waals surface area (Å²) in [5.74, 6) is -0.0950. The molecule has 0 bridgehead atoms. The van der Waals surface area contributed by atoms with Crippen molar-refractivity contribution in [2.24, 2.45) is 5.10 Å². The number of hydrogen-bond donors (Lipinski definition) is 3. The number of nitrogens with zero attached hydrogens (tertiary/aromatic N) is 2. The third kappa shape index (κ3) is 2.58. The zero-order chi connectivity index (χ0) is 16.5. The first-order chi connectivity index (χ1) is 11.7. The molecule has 0 radical (unpaired) electrons. The van der Waals surface area contributed by atoms with Crippen molar-refractivity contribution in [1.29, 1.82) is 0 Å². The SMILES string of the molecule is O=C1NCC/C(=N\Nc2ccccn2)C2c3cc(F)ccc3NC12. The van der Waals surface area contributed by atoms with Gasteiger partial charge < -0.3 is 10.6 Å². The lowest BCUT2D eigenvalue weighted by atomic mass is 9.89. The van der Waals surface area contributed by atoms with E-state index in [2.05, 4.69) is 26.1 Å². The van der Waals surface area contributed by atoms with Gasteiger partial charge in [-0.3, -0.25) is 10.2 Å². The fourth-order valence-electron chi connectivity index (χ4n) is 3.20. The monoisotopic (exact) mass is 325 g/mol. The average molecular weight is 325 g/mol. The molecule has 1 amide bonds. The fourth-order valence-corrected chi connectivity index (χ4v) is 3.20. The van der Waals surface area contributed by atoms with E-state index in [1.807, 2.05) is 18.2 Å². The Balaban J connectivity index is 1.71. The van der Waals surface area contributed by atoms with Gasteiger partial charge in [0.15, 0.2) is 0 Å². The molecule has 2 atom stereocenters. The first-order valence-electron chi connectivity index (χ1n) is 7.79. The van der Waals surface area contributed by atoms with Gasteiger partial charge in [-0.1, -0.05) is 6.07 Å². The maximum Gasteiger partial charge on any atom is 0.243 e. The molecular formula is C17H16FN5O. The van der Waals surface area contributed by atoms with Gasteiger partial charge in [-0.05, 0) is 35.9 Å². The predicted molar refractivity (Wildman–Crippen MR) is 89.5 cm³/mol. The number of hydrazone groups is 1. The lowest BCUT2D eigenvalue weighted by molar-refractivity contribution is -0.121. The van der Waals surface area contributed by atoms with Crippen LogP contribution in [0.5, 0.6) is 0 Å². The second-order valence-corrected chi connectivity index (χ2v) is 5.80. The highest BCUT2D eigenvalue weighted by atomic mass is 19.1. The zero-order valence-corrected chi connectivity index (χ0v) is 12.8. The summed E-state index contributed by atoms with van der Waals surface area (Å²) in [4.78, 5) is 16.5. The highest BCUT2D eigenvalue weighted by Crippen LogP contribution is 2.39. The van der Waals surface area contributed by atoms with Crippen molar-refractivity contribution >= 4 is 23.1 Å². The molecule has 1 aromatic heterocycles. The standard InChI is InChI=1S/C17H16FN5O/c18-10-4-5-12-11(9-10)15-13(6-8-20-17(24)16(15)21-12)22-23-14-3-1-2-7-19-14/h1-5,7,9,15-16,21H,6,8H2,(H,19,23)(H,20,24)/b22-13+. The minimum atomic E-state index is -0.478. The predicted octanol–water partition coefficient (Wildman–Crippen LogP) is 2.09. The summed E-state index contributed by atoms with van der Waals surface area (Å²) in [6, 6.07) is 9.53. The molecule has 6 nitrogen and oxygen atoms in total. The number of carbonyl (C=O) groups excluding carboxylic acids is 1. The molecule has 2 aliphatic rings. The second-order valence-electron chi connectivity index (χ2n) is 5.80. The molecule has 0 spiro atoms. The van der Waals surface area contributed by atoms with Crippen LogP contribution in [-0.4, -0.2) is 29.2 Å². The van der Waals surface area contributed by atoms with Crippen LogP contribution in [0.3, 0.4) is 0 Å². The third-order valence-electron chi connectivity index (χ3n) is 4.29. The molecule has 4 rings (SSSR count). The van der Waals surface area contributed by atoms with Crippen LogP contribution in [0, 0.1) is 5.82 Å². The molecule has 1 fully saturated rings. The molecule has 1 aromatic carbocycles. The Labute approximate surface area is 138 Å². The van der Waals surface area contributed by atoms with Gasteiger partial charge in [-0.25, -0.2) is 9.37 Å². The van der Waals surface area contributed by atoms with Gasteiger partial charge in [0.05, 0.1) is 11.6 Å². The van der Waals surface area contributed by atoms with Crippen molar-refractivity contribution < 1.29 is 9.18 Å². The van der Waals surface area contributed by atoms with Crippen LogP contribution in [-0.2, 0) is 4.79 Å². The van der Waals surface area contributed by atoms with E-state index in [0.717, 1.165) is 17.0 Å². The van der Waals surface area contributed by atoms with E-state index >= 15 is 0 Å². The quantitative estimate of drug-likeness (QED) is 0.739. The lowest BCUT2D eigenvalue weighted by Gasteiger charge is -2.17. The van der Waals surface area contributed by atoms with Gasteiger partial charge in [0.25, 0.3) is 0 Å². The molecular weight excluding hydrogens is 309 g/mol. The zero-order valence-electron chi connectivity index (χ0n) is 12.8. The van der Waals surface area contributed by atoms with Gasteiger partial charge in [0.1, 0.15) is 17.7 Å². The van der Waals surface area contributed by atoms with Gasteiger partial charge in [-0.2, -0.15) is 5.10 Å². The average Bonchev–Trinajstić information content (AvgIpc) is 2.89. The van der Waals surface area contributed by atoms with Crippen molar-refractivity contribution in [3.05, 3.63) is 54.0 Å². The van der Waals surface area contributed by atoms with Crippen molar-refractivity contribution in [3.8, 4) is 0 Å². The number of pyridine rings is 1. The number of carbonyl (C=O) groups is 1. The number of amides is 1. The van der Waals surface area contributed by atoms with Crippen molar-refractivity contribution in [1.82, 2.24) is 10.3 Å². The number of rotatable bonds is 2. The number of nitrogens with one attached hydrogen (secondary N) is 3. The lowest BCUT2D eigenvalue weighted by Crippen LogP contribution is -2.39. The van der Waals surface area contributed by atoms with Crippen LogP contribution >= 0.6 is 0 Å². The maximum absolute atomic E-state index is 13.7. The number of halogens is 1. The Bertz CT molecular complexity index is 808. The maximum atomic E-state index is 13.7. The molecule has 1 saturated heterocycles. The molecule has 7 heteroatoms. The second kappa shape index (κ2) is 5.92.